The van der Waals surface area contributed by atoms with Gasteiger partial charge in [0.25, 0.3) is 11.5 Å². The zero-order valence-electron chi connectivity index (χ0n) is 21.7. The summed E-state index contributed by atoms with van der Waals surface area (Å²) in [6.07, 6.45) is 1.53. The van der Waals surface area contributed by atoms with Crippen LogP contribution in [0, 0.1) is 0 Å². The predicted octanol–water partition coefficient (Wildman–Crippen LogP) is 3.20. The van der Waals surface area contributed by atoms with Crippen molar-refractivity contribution in [1.29, 1.82) is 0 Å². The number of hydrogen-bond donors (Lipinski definition) is 0. The fourth-order valence-corrected chi connectivity index (χ4v) is 4.28. The number of nitrogens with zero attached hydrogens (tertiary/aromatic N) is 4. The van der Waals surface area contributed by atoms with Gasteiger partial charge in [-0.3, -0.25) is 9.59 Å². The van der Waals surface area contributed by atoms with Crippen molar-refractivity contribution in [2.24, 2.45) is 5.10 Å². The lowest BCUT2D eigenvalue weighted by molar-refractivity contribution is -0.137. The predicted molar refractivity (Wildman–Crippen MR) is 147 cm³/mol. The van der Waals surface area contributed by atoms with E-state index in [0.717, 1.165) is 5.56 Å². The largest absolute Gasteiger partial charge is 0.493 e. The summed E-state index contributed by atoms with van der Waals surface area (Å²) in [5.41, 5.74) is 1.64. The minimum absolute atomic E-state index is 0.148. The van der Waals surface area contributed by atoms with E-state index >= 15 is 0 Å². The SMILES string of the molecule is COc1cc(C=Nn2c(-c3ccccc3)nc3ccccc3c2=O)cc(OC)c1OCC(=O)N1CCOCC1. The van der Waals surface area contributed by atoms with Crippen LogP contribution < -0.4 is 19.8 Å². The molecule has 0 bridgehead atoms. The molecule has 0 spiro atoms. The minimum Gasteiger partial charge on any atom is -0.493 e. The van der Waals surface area contributed by atoms with Crippen molar-refractivity contribution >= 4 is 23.0 Å². The number of amides is 1. The third kappa shape index (κ3) is 5.60. The molecule has 0 unspecified atom stereocenters. The van der Waals surface area contributed by atoms with Crippen molar-refractivity contribution in [3.63, 3.8) is 0 Å². The van der Waals surface area contributed by atoms with E-state index < -0.39 is 0 Å². The summed E-state index contributed by atoms with van der Waals surface area (Å²) in [6.45, 7) is 1.90. The molecule has 5 rings (SSSR count). The maximum atomic E-state index is 13.4. The average Bonchev–Trinajstić information content (AvgIpc) is 3.00. The summed E-state index contributed by atoms with van der Waals surface area (Å²) in [5, 5.41) is 4.97. The number of para-hydroxylation sites is 1. The van der Waals surface area contributed by atoms with Gasteiger partial charge in [0.1, 0.15) is 0 Å². The number of aromatic nitrogens is 2. The summed E-state index contributed by atoms with van der Waals surface area (Å²) < 4.78 is 23.5. The van der Waals surface area contributed by atoms with Crippen LogP contribution in [0.25, 0.3) is 22.3 Å². The minimum atomic E-state index is -0.295. The van der Waals surface area contributed by atoms with Gasteiger partial charge in [-0.25, -0.2) is 4.98 Å². The third-order valence-electron chi connectivity index (χ3n) is 6.29. The molecule has 0 aliphatic carbocycles. The number of ether oxygens (including phenoxy) is 4. The van der Waals surface area contributed by atoms with Crippen molar-refractivity contribution in [2.75, 3.05) is 47.1 Å². The Balaban J connectivity index is 1.48. The van der Waals surface area contributed by atoms with Gasteiger partial charge in [0.2, 0.25) is 5.75 Å². The van der Waals surface area contributed by atoms with E-state index in [-0.39, 0.29) is 18.1 Å². The van der Waals surface area contributed by atoms with Gasteiger partial charge in [-0.15, -0.1) is 0 Å². The molecule has 200 valence electrons. The normalized spacial score (nSPS) is 13.5. The van der Waals surface area contributed by atoms with Gasteiger partial charge in [0, 0.05) is 24.2 Å². The maximum Gasteiger partial charge on any atom is 0.282 e. The molecule has 0 atom stereocenters. The van der Waals surface area contributed by atoms with Crippen molar-refractivity contribution in [3.8, 4) is 28.6 Å². The van der Waals surface area contributed by atoms with Crippen LogP contribution in [-0.2, 0) is 9.53 Å². The van der Waals surface area contributed by atoms with E-state index in [1.807, 2.05) is 36.4 Å². The first-order valence-corrected chi connectivity index (χ1v) is 12.4. The Morgan fingerprint density at radius 3 is 2.36 bits per heavy atom. The molecule has 0 saturated carbocycles. The topological polar surface area (TPSA) is 104 Å². The van der Waals surface area contributed by atoms with Gasteiger partial charge >= 0.3 is 0 Å². The molecule has 0 radical (unpaired) electrons. The lowest BCUT2D eigenvalue weighted by Gasteiger charge is -2.27. The maximum absolute atomic E-state index is 13.4. The van der Waals surface area contributed by atoms with E-state index in [2.05, 4.69) is 5.10 Å². The van der Waals surface area contributed by atoms with E-state index in [1.165, 1.54) is 25.1 Å². The molecule has 1 saturated heterocycles. The van der Waals surface area contributed by atoms with Gasteiger partial charge in [0.05, 0.1) is 44.6 Å². The lowest BCUT2D eigenvalue weighted by atomic mass is 10.2. The smallest absolute Gasteiger partial charge is 0.282 e. The summed E-state index contributed by atoms with van der Waals surface area (Å²) >= 11 is 0. The molecule has 1 amide bonds. The molecule has 1 aliphatic rings. The first-order valence-electron chi connectivity index (χ1n) is 12.4. The molecule has 2 heterocycles. The van der Waals surface area contributed by atoms with Crippen LogP contribution in [-0.4, -0.2) is 73.8 Å². The van der Waals surface area contributed by atoms with E-state index in [4.69, 9.17) is 23.9 Å². The van der Waals surface area contributed by atoms with Gasteiger partial charge < -0.3 is 23.8 Å². The molecule has 0 N–H and O–H groups in total. The highest BCUT2D eigenvalue weighted by molar-refractivity contribution is 5.84. The number of morpholine rings is 1. The Kier molecular flexibility index (Phi) is 7.83. The Morgan fingerprint density at radius 1 is 1.00 bits per heavy atom. The Labute approximate surface area is 225 Å². The van der Waals surface area contributed by atoms with Gasteiger partial charge in [-0.2, -0.15) is 9.78 Å². The second-order valence-electron chi connectivity index (χ2n) is 8.72. The Hall–Kier alpha value is -4.70. The van der Waals surface area contributed by atoms with Crippen LogP contribution in [0.4, 0.5) is 0 Å². The highest BCUT2D eigenvalue weighted by Gasteiger charge is 2.20. The van der Waals surface area contributed by atoms with Crippen molar-refractivity contribution in [2.45, 2.75) is 0 Å². The van der Waals surface area contributed by atoms with Crippen LogP contribution in [0.3, 0.4) is 0 Å². The second-order valence-corrected chi connectivity index (χ2v) is 8.72. The second kappa shape index (κ2) is 11.8. The fourth-order valence-electron chi connectivity index (χ4n) is 4.28. The quantitative estimate of drug-likeness (QED) is 0.324. The fraction of sp³-hybridized carbons (Fsp3) is 0.241. The number of benzene rings is 3. The van der Waals surface area contributed by atoms with Crippen LogP contribution in [0.5, 0.6) is 17.2 Å². The lowest BCUT2D eigenvalue weighted by Crippen LogP contribution is -2.43. The standard InChI is InChI=1S/C29H28N4O6/c1-36-24-16-20(17-25(37-2)27(24)39-19-26(34)32-12-14-38-15-13-32)18-30-33-28(21-8-4-3-5-9-21)31-23-11-7-6-10-22(23)29(33)35/h3-11,16-18H,12-15,19H2,1-2H3. The molecule has 1 aromatic heterocycles. The van der Waals surface area contributed by atoms with Crippen LogP contribution in [0.1, 0.15) is 5.56 Å². The molecule has 39 heavy (non-hydrogen) atoms. The molecule has 1 fully saturated rings. The molecule has 10 nitrogen and oxygen atoms in total. The van der Waals surface area contributed by atoms with Gasteiger partial charge in [-0.1, -0.05) is 42.5 Å². The molecule has 10 heteroatoms. The zero-order chi connectivity index (χ0) is 27.2. The molecule has 3 aromatic carbocycles. The number of carbonyl (C=O) groups excluding carboxylic acids is 1. The number of methoxy groups -OCH3 is 2. The molecule has 1 aliphatic heterocycles. The highest BCUT2D eigenvalue weighted by Crippen LogP contribution is 2.38. The van der Waals surface area contributed by atoms with Gasteiger partial charge in [0.15, 0.2) is 23.9 Å². The first-order chi connectivity index (χ1) is 19.1. The third-order valence-corrected chi connectivity index (χ3v) is 6.29. The average molecular weight is 529 g/mol. The van der Waals surface area contributed by atoms with Crippen molar-refractivity contribution in [1.82, 2.24) is 14.6 Å². The number of rotatable bonds is 8. The first kappa shape index (κ1) is 25.9. The Bertz CT molecular complexity index is 1540. The van der Waals surface area contributed by atoms with Crippen molar-refractivity contribution < 1.29 is 23.7 Å². The van der Waals surface area contributed by atoms with Crippen LogP contribution in [0.15, 0.2) is 76.6 Å². The molecule has 4 aromatic rings. The molecular formula is C29H28N4O6. The summed E-state index contributed by atoms with van der Waals surface area (Å²) in [5.74, 6) is 1.28. The van der Waals surface area contributed by atoms with Crippen LogP contribution >= 0.6 is 0 Å². The number of carbonyl (C=O) groups is 1. The summed E-state index contributed by atoms with van der Waals surface area (Å²) in [4.78, 5) is 32.4. The number of fused-ring (bicyclic) bond motifs is 1. The summed E-state index contributed by atoms with van der Waals surface area (Å²) in [6, 6.07) is 20.0. The van der Waals surface area contributed by atoms with Crippen molar-refractivity contribution in [3.05, 3.63) is 82.6 Å². The van der Waals surface area contributed by atoms with E-state index in [0.29, 0.717) is 65.8 Å². The monoisotopic (exact) mass is 528 g/mol. The number of hydrogen-bond acceptors (Lipinski definition) is 8. The molecular weight excluding hydrogens is 500 g/mol. The van der Waals surface area contributed by atoms with E-state index in [1.54, 1.807) is 35.2 Å². The Morgan fingerprint density at radius 2 is 1.67 bits per heavy atom. The summed E-state index contributed by atoms with van der Waals surface area (Å²) in [7, 11) is 3.00. The van der Waals surface area contributed by atoms with E-state index in [9.17, 15) is 9.59 Å². The van der Waals surface area contributed by atoms with Gasteiger partial charge in [-0.05, 0) is 24.3 Å². The van der Waals surface area contributed by atoms with Crippen LogP contribution in [0.2, 0.25) is 0 Å². The zero-order valence-corrected chi connectivity index (χ0v) is 21.7. The highest BCUT2D eigenvalue weighted by atomic mass is 16.5.